The molecule has 0 radical (unpaired) electrons. The molecule has 0 atom stereocenters. The van der Waals surface area contributed by atoms with Gasteiger partial charge in [0.05, 0.1) is 4.88 Å². The number of nitrogens with one attached hydrogen (secondary N) is 1. The first-order chi connectivity index (χ1) is 10.6. The standard InChI is InChI=1S/C17H13ClN2OS/c1-11(21)19-16-15(12-5-3-2-4-6-12)22-17(20-16)13-7-9-14(18)10-8-13/h2-10H,1H3,(H,19,21). The van der Waals surface area contributed by atoms with Crippen LogP contribution in [0.1, 0.15) is 6.92 Å². The van der Waals surface area contributed by atoms with Crippen LogP contribution in [-0.4, -0.2) is 10.9 Å². The highest BCUT2D eigenvalue weighted by Crippen LogP contribution is 2.38. The smallest absolute Gasteiger partial charge is 0.222 e. The van der Waals surface area contributed by atoms with E-state index in [-0.39, 0.29) is 5.91 Å². The lowest BCUT2D eigenvalue weighted by molar-refractivity contribution is -0.114. The molecule has 22 heavy (non-hydrogen) atoms. The van der Waals surface area contributed by atoms with E-state index in [2.05, 4.69) is 10.3 Å². The molecule has 3 aromatic rings. The van der Waals surface area contributed by atoms with Crippen molar-refractivity contribution in [2.45, 2.75) is 6.92 Å². The average molecular weight is 329 g/mol. The number of carbonyl (C=O) groups is 1. The zero-order valence-corrected chi connectivity index (χ0v) is 13.4. The molecule has 0 saturated heterocycles. The van der Waals surface area contributed by atoms with Crippen molar-refractivity contribution in [3.05, 3.63) is 59.6 Å². The van der Waals surface area contributed by atoms with Crippen LogP contribution in [0.3, 0.4) is 0 Å². The van der Waals surface area contributed by atoms with E-state index in [1.807, 2.05) is 54.6 Å². The molecule has 0 spiro atoms. The average Bonchev–Trinajstić information content (AvgIpc) is 2.92. The topological polar surface area (TPSA) is 42.0 Å². The van der Waals surface area contributed by atoms with E-state index in [1.165, 1.54) is 6.92 Å². The van der Waals surface area contributed by atoms with Gasteiger partial charge in [0.15, 0.2) is 5.82 Å². The van der Waals surface area contributed by atoms with Crippen molar-refractivity contribution >= 4 is 34.7 Å². The van der Waals surface area contributed by atoms with Crippen LogP contribution >= 0.6 is 22.9 Å². The van der Waals surface area contributed by atoms with E-state index < -0.39 is 0 Å². The summed E-state index contributed by atoms with van der Waals surface area (Å²) in [6.45, 7) is 1.48. The van der Waals surface area contributed by atoms with Crippen LogP contribution in [0.4, 0.5) is 5.82 Å². The molecule has 1 amide bonds. The first-order valence-electron chi connectivity index (χ1n) is 6.73. The lowest BCUT2D eigenvalue weighted by atomic mass is 10.2. The fourth-order valence-electron chi connectivity index (χ4n) is 2.07. The van der Waals surface area contributed by atoms with Gasteiger partial charge in [0.2, 0.25) is 5.91 Å². The quantitative estimate of drug-likeness (QED) is 0.727. The van der Waals surface area contributed by atoms with Crippen molar-refractivity contribution in [3.8, 4) is 21.0 Å². The van der Waals surface area contributed by atoms with E-state index in [1.54, 1.807) is 11.3 Å². The van der Waals surface area contributed by atoms with Crippen LogP contribution in [0.15, 0.2) is 54.6 Å². The number of aromatic nitrogens is 1. The molecule has 0 saturated carbocycles. The Morgan fingerprint density at radius 2 is 1.73 bits per heavy atom. The number of halogens is 1. The molecule has 0 aliphatic heterocycles. The summed E-state index contributed by atoms with van der Waals surface area (Å²) in [5.74, 6) is 0.457. The number of carbonyl (C=O) groups excluding carboxylic acids is 1. The fraction of sp³-hybridized carbons (Fsp3) is 0.0588. The van der Waals surface area contributed by atoms with Gasteiger partial charge in [-0.15, -0.1) is 11.3 Å². The highest BCUT2D eigenvalue weighted by Gasteiger charge is 2.15. The Bertz CT molecular complexity index is 797. The monoisotopic (exact) mass is 328 g/mol. The summed E-state index contributed by atoms with van der Waals surface area (Å²) in [7, 11) is 0. The van der Waals surface area contributed by atoms with Gasteiger partial charge in [-0.2, -0.15) is 0 Å². The Hall–Kier alpha value is -2.17. The van der Waals surface area contributed by atoms with Crippen LogP contribution in [0, 0.1) is 0 Å². The minimum absolute atomic E-state index is 0.134. The van der Waals surface area contributed by atoms with Crippen LogP contribution < -0.4 is 5.32 Å². The maximum absolute atomic E-state index is 11.4. The van der Waals surface area contributed by atoms with Crippen molar-refractivity contribution in [1.29, 1.82) is 0 Å². The van der Waals surface area contributed by atoms with Crippen LogP contribution in [0.25, 0.3) is 21.0 Å². The number of rotatable bonds is 3. The summed E-state index contributed by atoms with van der Waals surface area (Å²) < 4.78 is 0. The molecular formula is C17H13ClN2OS. The molecule has 110 valence electrons. The lowest BCUT2D eigenvalue weighted by Gasteiger charge is -2.01. The lowest BCUT2D eigenvalue weighted by Crippen LogP contribution is -2.06. The number of amides is 1. The van der Waals surface area contributed by atoms with Gasteiger partial charge in [-0.25, -0.2) is 4.98 Å². The number of benzene rings is 2. The van der Waals surface area contributed by atoms with Gasteiger partial charge in [0, 0.05) is 17.5 Å². The molecule has 3 rings (SSSR count). The van der Waals surface area contributed by atoms with Crippen molar-refractivity contribution in [2.75, 3.05) is 5.32 Å². The fourth-order valence-corrected chi connectivity index (χ4v) is 3.23. The van der Waals surface area contributed by atoms with Gasteiger partial charge in [-0.3, -0.25) is 4.79 Å². The Kier molecular flexibility index (Phi) is 4.22. The number of hydrogen-bond donors (Lipinski definition) is 1. The molecule has 5 heteroatoms. The van der Waals surface area contributed by atoms with Crippen molar-refractivity contribution < 1.29 is 4.79 Å². The van der Waals surface area contributed by atoms with Crippen LogP contribution in [0.5, 0.6) is 0 Å². The van der Waals surface area contributed by atoms with E-state index in [9.17, 15) is 4.79 Å². The number of thiazole rings is 1. The molecule has 1 aromatic heterocycles. The molecule has 0 fully saturated rings. The molecule has 0 bridgehead atoms. The van der Waals surface area contributed by atoms with Crippen molar-refractivity contribution in [3.63, 3.8) is 0 Å². The van der Waals surface area contributed by atoms with Crippen molar-refractivity contribution in [2.24, 2.45) is 0 Å². The Labute approximate surface area is 137 Å². The van der Waals surface area contributed by atoms with Crippen LogP contribution in [0.2, 0.25) is 5.02 Å². The minimum atomic E-state index is -0.134. The second-order valence-electron chi connectivity index (χ2n) is 4.75. The Morgan fingerprint density at radius 1 is 1.05 bits per heavy atom. The maximum atomic E-state index is 11.4. The third-order valence-corrected chi connectivity index (χ3v) is 4.45. The van der Waals surface area contributed by atoms with E-state index >= 15 is 0 Å². The second-order valence-corrected chi connectivity index (χ2v) is 6.19. The zero-order chi connectivity index (χ0) is 15.5. The third-order valence-electron chi connectivity index (χ3n) is 3.05. The first-order valence-corrected chi connectivity index (χ1v) is 7.93. The summed E-state index contributed by atoms with van der Waals surface area (Å²) >= 11 is 7.47. The first kappa shape index (κ1) is 14.8. The second kappa shape index (κ2) is 6.30. The predicted octanol–water partition coefficient (Wildman–Crippen LogP) is 5.09. The SMILES string of the molecule is CC(=O)Nc1nc(-c2ccc(Cl)cc2)sc1-c1ccccc1. The van der Waals surface area contributed by atoms with Crippen molar-refractivity contribution in [1.82, 2.24) is 4.98 Å². The highest BCUT2D eigenvalue weighted by molar-refractivity contribution is 7.19. The number of anilines is 1. The molecular weight excluding hydrogens is 316 g/mol. The van der Waals surface area contributed by atoms with Gasteiger partial charge in [-0.1, -0.05) is 54.1 Å². The van der Waals surface area contributed by atoms with Gasteiger partial charge < -0.3 is 5.32 Å². The molecule has 0 unspecified atom stereocenters. The molecule has 1 N–H and O–H groups in total. The van der Waals surface area contributed by atoms with E-state index in [0.717, 1.165) is 21.0 Å². The van der Waals surface area contributed by atoms with Gasteiger partial charge in [0.1, 0.15) is 5.01 Å². The van der Waals surface area contributed by atoms with E-state index in [0.29, 0.717) is 10.8 Å². The maximum Gasteiger partial charge on any atom is 0.222 e. The Morgan fingerprint density at radius 3 is 2.36 bits per heavy atom. The molecule has 0 aliphatic carbocycles. The summed E-state index contributed by atoms with van der Waals surface area (Å²) in [5.41, 5.74) is 2.01. The highest BCUT2D eigenvalue weighted by atomic mass is 35.5. The zero-order valence-electron chi connectivity index (χ0n) is 11.8. The minimum Gasteiger partial charge on any atom is -0.310 e. The summed E-state index contributed by atoms with van der Waals surface area (Å²) in [5, 5.41) is 4.34. The summed E-state index contributed by atoms with van der Waals surface area (Å²) in [4.78, 5) is 16.9. The largest absolute Gasteiger partial charge is 0.310 e. The van der Waals surface area contributed by atoms with Gasteiger partial charge in [0.25, 0.3) is 0 Å². The van der Waals surface area contributed by atoms with E-state index in [4.69, 9.17) is 11.6 Å². The van der Waals surface area contributed by atoms with Gasteiger partial charge >= 0.3 is 0 Å². The van der Waals surface area contributed by atoms with Crippen LogP contribution in [-0.2, 0) is 4.79 Å². The molecule has 3 nitrogen and oxygen atoms in total. The molecule has 2 aromatic carbocycles. The Balaban J connectivity index is 2.08. The molecule has 1 heterocycles. The number of nitrogens with zero attached hydrogens (tertiary/aromatic N) is 1. The summed E-state index contributed by atoms with van der Waals surface area (Å²) in [6, 6.07) is 17.4. The normalized spacial score (nSPS) is 10.5. The predicted molar refractivity (Wildman–Crippen MR) is 92.3 cm³/mol. The third kappa shape index (κ3) is 3.18. The number of hydrogen-bond acceptors (Lipinski definition) is 3. The van der Waals surface area contributed by atoms with Gasteiger partial charge in [-0.05, 0) is 17.7 Å². The summed E-state index contributed by atoms with van der Waals surface area (Å²) in [6.07, 6.45) is 0. The molecule has 0 aliphatic rings.